The zero-order valence-corrected chi connectivity index (χ0v) is 21.8. The molecular weight excluding hydrogens is 494 g/mol. The Balaban J connectivity index is 1.94. The van der Waals surface area contributed by atoms with Crippen LogP contribution in [0.1, 0.15) is 56.0 Å². The number of nitrogens with one attached hydrogen (secondary N) is 1. The van der Waals surface area contributed by atoms with Crippen LogP contribution in [-0.4, -0.2) is 52.7 Å². The number of hydrogen-bond acceptors (Lipinski definition) is 3. The lowest BCUT2D eigenvalue weighted by Gasteiger charge is -2.47. The van der Waals surface area contributed by atoms with E-state index < -0.39 is 5.54 Å². The van der Waals surface area contributed by atoms with Crippen molar-refractivity contribution in [3.63, 3.8) is 0 Å². The van der Waals surface area contributed by atoms with E-state index in [2.05, 4.69) is 35.1 Å². The summed E-state index contributed by atoms with van der Waals surface area (Å²) in [5.41, 5.74) is 0.538. The van der Waals surface area contributed by atoms with Gasteiger partial charge in [0, 0.05) is 43.1 Å². The zero-order valence-electron chi connectivity index (χ0n) is 20.2. The van der Waals surface area contributed by atoms with E-state index in [1.165, 1.54) is 0 Å². The van der Waals surface area contributed by atoms with Crippen molar-refractivity contribution in [3.05, 3.63) is 70.2 Å². The molecule has 0 spiro atoms. The van der Waals surface area contributed by atoms with Gasteiger partial charge in [0.25, 0.3) is 5.91 Å². The standard InChI is InChI=1S/C27H34BrN3O3/c1-20(2)13-16-31(25(33)23-9-11-24(28)12-10-23)27(14-17-30(18-15-27)21(3)32)26(34)29-19-22-7-5-4-6-8-22/h4-12,20H,13-19H2,1-3H3,(H,29,34). The van der Waals surface area contributed by atoms with Crippen molar-refractivity contribution < 1.29 is 14.4 Å². The van der Waals surface area contributed by atoms with Crippen LogP contribution in [0, 0.1) is 5.92 Å². The molecule has 3 amide bonds. The molecule has 1 fully saturated rings. The van der Waals surface area contributed by atoms with Crippen molar-refractivity contribution >= 4 is 33.7 Å². The van der Waals surface area contributed by atoms with E-state index in [0.29, 0.717) is 50.5 Å². The summed E-state index contributed by atoms with van der Waals surface area (Å²) in [6.45, 7) is 7.53. The van der Waals surface area contributed by atoms with Crippen LogP contribution >= 0.6 is 15.9 Å². The number of carbonyl (C=O) groups excluding carboxylic acids is 3. The van der Waals surface area contributed by atoms with E-state index in [9.17, 15) is 14.4 Å². The first kappa shape index (κ1) is 25.9. The molecule has 2 aromatic rings. The van der Waals surface area contributed by atoms with Gasteiger partial charge in [0.2, 0.25) is 11.8 Å². The largest absolute Gasteiger partial charge is 0.350 e. The summed E-state index contributed by atoms with van der Waals surface area (Å²) in [7, 11) is 0. The average molecular weight is 528 g/mol. The second kappa shape index (κ2) is 11.6. The fraction of sp³-hybridized carbons (Fsp3) is 0.444. The molecule has 1 aliphatic heterocycles. The molecule has 6 nitrogen and oxygen atoms in total. The summed E-state index contributed by atoms with van der Waals surface area (Å²) >= 11 is 3.43. The van der Waals surface area contributed by atoms with Crippen LogP contribution < -0.4 is 5.32 Å². The highest BCUT2D eigenvalue weighted by Crippen LogP contribution is 2.32. The fourth-order valence-electron chi connectivity index (χ4n) is 4.40. The molecule has 1 aliphatic rings. The van der Waals surface area contributed by atoms with Gasteiger partial charge in [0.15, 0.2) is 0 Å². The second-order valence-corrected chi connectivity index (χ2v) is 10.3. The number of benzene rings is 2. The molecule has 1 saturated heterocycles. The number of hydrogen-bond donors (Lipinski definition) is 1. The van der Waals surface area contributed by atoms with E-state index in [4.69, 9.17) is 0 Å². The van der Waals surface area contributed by atoms with E-state index in [1.807, 2.05) is 42.5 Å². The molecule has 0 bridgehead atoms. The van der Waals surface area contributed by atoms with Crippen molar-refractivity contribution in [1.82, 2.24) is 15.1 Å². The van der Waals surface area contributed by atoms with Crippen molar-refractivity contribution in [3.8, 4) is 0 Å². The maximum atomic E-state index is 13.8. The van der Waals surface area contributed by atoms with E-state index in [-0.39, 0.29) is 17.7 Å². The molecule has 0 unspecified atom stereocenters. The molecule has 3 rings (SSSR count). The van der Waals surface area contributed by atoms with E-state index >= 15 is 0 Å². The van der Waals surface area contributed by atoms with Crippen molar-refractivity contribution in [2.45, 2.75) is 52.1 Å². The summed E-state index contributed by atoms with van der Waals surface area (Å²) in [6, 6.07) is 17.0. The molecule has 182 valence electrons. The highest BCUT2D eigenvalue weighted by atomic mass is 79.9. The van der Waals surface area contributed by atoms with Crippen LogP contribution in [0.4, 0.5) is 0 Å². The summed E-state index contributed by atoms with van der Waals surface area (Å²) in [5.74, 6) is 0.0567. The predicted molar refractivity (Wildman–Crippen MR) is 137 cm³/mol. The number of halogens is 1. The number of carbonyl (C=O) groups is 3. The van der Waals surface area contributed by atoms with Crippen LogP contribution in [0.2, 0.25) is 0 Å². The van der Waals surface area contributed by atoms with Crippen molar-refractivity contribution in [1.29, 1.82) is 0 Å². The first-order valence-corrected chi connectivity index (χ1v) is 12.7. The van der Waals surface area contributed by atoms with Crippen LogP contribution in [-0.2, 0) is 16.1 Å². The number of nitrogens with zero attached hydrogens (tertiary/aromatic N) is 2. The van der Waals surface area contributed by atoms with Gasteiger partial charge >= 0.3 is 0 Å². The normalized spacial score (nSPS) is 15.1. The smallest absolute Gasteiger partial charge is 0.254 e. The minimum atomic E-state index is -1.01. The number of piperidine rings is 1. The Morgan fingerprint density at radius 1 is 1.03 bits per heavy atom. The molecule has 7 heteroatoms. The number of likely N-dealkylation sites (tertiary alicyclic amines) is 1. The molecule has 0 radical (unpaired) electrons. The molecule has 34 heavy (non-hydrogen) atoms. The summed E-state index contributed by atoms with van der Waals surface area (Å²) < 4.78 is 0.892. The van der Waals surface area contributed by atoms with Gasteiger partial charge in [0.05, 0.1) is 0 Å². The quantitative estimate of drug-likeness (QED) is 0.543. The Morgan fingerprint density at radius 2 is 1.65 bits per heavy atom. The van der Waals surface area contributed by atoms with Crippen molar-refractivity contribution in [2.24, 2.45) is 5.92 Å². The van der Waals surface area contributed by atoms with Crippen LogP contribution in [0.15, 0.2) is 59.1 Å². The maximum absolute atomic E-state index is 13.8. The van der Waals surface area contributed by atoms with Gasteiger partial charge in [-0.25, -0.2) is 0 Å². The molecule has 0 aromatic heterocycles. The summed E-state index contributed by atoms with van der Waals surface area (Å²) in [6.07, 6.45) is 1.60. The molecule has 1 N–H and O–H groups in total. The third-order valence-electron chi connectivity index (χ3n) is 6.54. The number of rotatable bonds is 8. The predicted octanol–water partition coefficient (Wildman–Crippen LogP) is 4.63. The SMILES string of the molecule is CC(=O)N1CCC(C(=O)NCc2ccccc2)(N(CCC(C)C)C(=O)c2ccc(Br)cc2)CC1. The van der Waals surface area contributed by atoms with Gasteiger partial charge in [-0.05, 0) is 55.0 Å². The Hall–Kier alpha value is -2.67. The van der Waals surface area contributed by atoms with Crippen LogP contribution in [0.5, 0.6) is 0 Å². The monoisotopic (exact) mass is 527 g/mol. The highest BCUT2D eigenvalue weighted by Gasteiger charge is 2.48. The first-order chi connectivity index (χ1) is 16.2. The minimum absolute atomic E-state index is 0.00809. The van der Waals surface area contributed by atoms with Gasteiger partial charge in [-0.15, -0.1) is 0 Å². The lowest BCUT2D eigenvalue weighted by atomic mass is 9.83. The lowest BCUT2D eigenvalue weighted by Crippen LogP contribution is -2.65. The van der Waals surface area contributed by atoms with Gasteiger partial charge < -0.3 is 15.1 Å². The Labute approximate surface area is 210 Å². The molecule has 0 saturated carbocycles. The maximum Gasteiger partial charge on any atom is 0.254 e. The minimum Gasteiger partial charge on any atom is -0.350 e. The third-order valence-corrected chi connectivity index (χ3v) is 7.07. The molecule has 0 atom stereocenters. The van der Waals surface area contributed by atoms with Gasteiger partial charge in [0.1, 0.15) is 5.54 Å². The summed E-state index contributed by atoms with van der Waals surface area (Å²) in [4.78, 5) is 43.2. The van der Waals surface area contributed by atoms with E-state index in [1.54, 1.807) is 28.9 Å². The van der Waals surface area contributed by atoms with Crippen molar-refractivity contribution in [2.75, 3.05) is 19.6 Å². The second-order valence-electron chi connectivity index (χ2n) is 9.35. The zero-order chi connectivity index (χ0) is 24.7. The van der Waals surface area contributed by atoms with E-state index in [0.717, 1.165) is 16.5 Å². The molecule has 1 heterocycles. The summed E-state index contributed by atoms with van der Waals surface area (Å²) in [5, 5.41) is 3.09. The number of amides is 3. The topological polar surface area (TPSA) is 69.7 Å². The highest BCUT2D eigenvalue weighted by molar-refractivity contribution is 9.10. The molecule has 2 aromatic carbocycles. The van der Waals surface area contributed by atoms with Crippen LogP contribution in [0.25, 0.3) is 0 Å². The first-order valence-electron chi connectivity index (χ1n) is 11.9. The third kappa shape index (κ3) is 6.26. The fourth-order valence-corrected chi connectivity index (χ4v) is 4.66. The van der Waals surface area contributed by atoms with Gasteiger partial charge in [-0.1, -0.05) is 60.1 Å². The van der Waals surface area contributed by atoms with Gasteiger partial charge in [-0.3, -0.25) is 14.4 Å². The molecular formula is C27H34BrN3O3. The molecule has 0 aliphatic carbocycles. The Bertz CT molecular complexity index is 984. The average Bonchev–Trinajstić information content (AvgIpc) is 2.83. The van der Waals surface area contributed by atoms with Crippen LogP contribution in [0.3, 0.4) is 0 Å². The Kier molecular flexibility index (Phi) is 8.89. The Morgan fingerprint density at radius 3 is 2.21 bits per heavy atom. The lowest BCUT2D eigenvalue weighted by molar-refractivity contribution is -0.140. The van der Waals surface area contributed by atoms with Gasteiger partial charge in [-0.2, -0.15) is 0 Å².